The SMILES string of the molecule is CCCCC/C=C\C/C=C\C/C=C\CCCCCCCCCCCCC(=O)OC1C(OCC(NC(=O)C(O)CCCCCCCCCCCC/C=C/CCCCCCCC)C(O)/C=C/CCCCCCCCCCC)OC(CO)C(O)C1O. The fourth-order valence-electron chi connectivity index (χ4n) is 10.8. The highest BCUT2D eigenvalue weighted by atomic mass is 16.7. The van der Waals surface area contributed by atoms with E-state index in [0.717, 1.165) is 77.0 Å². The monoisotopic (exact) mass is 1170 g/mol. The summed E-state index contributed by atoms with van der Waals surface area (Å²) in [5, 5.41) is 57.2. The molecular formula is C72H131NO10. The Hall–Kier alpha value is -2.64. The zero-order chi connectivity index (χ0) is 60.3. The number of amides is 1. The average molecular weight is 1170 g/mol. The lowest BCUT2D eigenvalue weighted by molar-refractivity contribution is -0.305. The van der Waals surface area contributed by atoms with Crippen LogP contribution in [0.3, 0.4) is 0 Å². The van der Waals surface area contributed by atoms with Crippen molar-refractivity contribution >= 4 is 11.9 Å². The molecule has 1 fully saturated rings. The Balaban J connectivity index is 2.57. The van der Waals surface area contributed by atoms with Crippen molar-refractivity contribution in [3.05, 3.63) is 60.8 Å². The van der Waals surface area contributed by atoms with E-state index in [4.69, 9.17) is 14.2 Å². The topological polar surface area (TPSA) is 175 Å². The number of allylic oxidation sites excluding steroid dienone is 9. The van der Waals surface area contributed by atoms with Crippen molar-refractivity contribution < 1.29 is 49.3 Å². The van der Waals surface area contributed by atoms with Crippen LogP contribution >= 0.6 is 0 Å². The minimum Gasteiger partial charge on any atom is -0.454 e. The first kappa shape index (κ1) is 78.4. The van der Waals surface area contributed by atoms with Crippen molar-refractivity contribution in [2.24, 2.45) is 0 Å². The van der Waals surface area contributed by atoms with Crippen LogP contribution in [0, 0.1) is 0 Å². The molecule has 1 rings (SSSR count). The van der Waals surface area contributed by atoms with Gasteiger partial charge in [0.2, 0.25) is 5.91 Å². The maximum atomic E-state index is 13.5. The highest BCUT2D eigenvalue weighted by Crippen LogP contribution is 2.26. The number of rotatable bonds is 60. The highest BCUT2D eigenvalue weighted by molar-refractivity contribution is 5.80. The Morgan fingerprint density at radius 2 is 0.831 bits per heavy atom. The van der Waals surface area contributed by atoms with Gasteiger partial charge in [0.1, 0.15) is 24.4 Å². The number of esters is 1. The van der Waals surface area contributed by atoms with Crippen molar-refractivity contribution in [2.75, 3.05) is 13.2 Å². The van der Waals surface area contributed by atoms with Crippen LogP contribution in [0.1, 0.15) is 323 Å². The summed E-state index contributed by atoms with van der Waals surface area (Å²) in [6, 6.07) is -1.03. The zero-order valence-electron chi connectivity index (χ0n) is 53.8. The Morgan fingerprint density at radius 3 is 1.28 bits per heavy atom. The van der Waals surface area contributed by atoms with Crippen LogP contribution in [0.25, 0.3) is 0 Å². The van der Waals surface area contributed by atoms with Crippen LogP contribution in [-0.4, -0.2) is 99.6 Å². The molecule has 8 unspecified atom stereocenters. The van der Waals surface area contributed by atoms with Gasteiger partial charge in [-0.05, 0) is 89.9 Å². The maximum Gasteiger partial charge on any atom is 0.306 e. The Kier molecular flexibility index (Phi) is 56.4. The number of aliphatic hydroxyl groups is 5. The number of hydrogen-bond donors (Lipinski definition) is 6. The lowest BCUT2D eigenvalue weighted by Gasteiger charge is -2.41. The fourth-order valence-corrected chi connectivity index (χ4v) is 10.8. The van der Waals surface area contributed by atoms with Crippen molar-refractivity contribution in [3.8, 4) is 0 Å². The van der Waals surface area contributed by atoms with E-state index in [-0.39, 0.29) is 13.0 Å². The summed E-state index contributed by atoms with van der Waals surface area (Å²) in [5.74, 6) is -1.19. The van der Waals surface area contributed by atoms with Crippen molar-refractivity contribution in [2.45, 2.75) is 372 Å². The number of carbonyl (C=O) groups excluding carboxylic acids is 2. The molecule has 0 aromatic carbocycles. The van der Waals surface area contributed by atoms with Crippen molar-refractivity contribution in [1.82, 2.24) is 5.32 Å². The van der Waals surface area contributed by atoms with E-state index in [1.165, 1.54) is 199 Å². The summed E-state index contributed by atoms with van der Waals surface area (Å²) in [7, 11) is 0. The number of ether oxygens (including phenoxy) is 3. The van der Waals surface area contributed by atoms with Crippen LogP contribution in [-0.2, 0) is 23.8 Å². The first-order valence-corrected chi connectivity index (χ1v) is 35.1. The van der Waals surface area contributed by atoms with E-state index in [1.54, 1.807) is 6.08 Å². The summed E-state index contributed by atoms with van der Waals surface area (Å²) in [6.07, 6.45) is 65.4. The van der Waals surface area contributed by atoms with Gasteiger partial charge in [-0.2, -0.15) is 0 Å². The summed E-state index contributed by atoms with van der Waals surface area (Å²) in [4.78, 5) is 26.6. The lowest BCUT2D eigenvalue weighted by Crippen LogP contribution is -2.61. The third kappa shape index (κ3) is 47.2. The third-order valence-electron chi connectivity index (χ3n) is 16.4. The van der Waals surface area contributed by atoms with Gasteiger partial charge in [0.15, 0.2) is 12.4 Å². The highest BCUT2D eigenvalue weighted by Gasteiger charge is 2.47. The van der Waals surface area contributed by atoms with Gasteiger partial charge in [-0.15, -0.1) is 0 Å². The number of nitrogens with one attached hydrogen (secondary N) is 1. The molecule has 0 aromatic heterocycles. The number of carbonyl (C=O) groups is 2. The Labute approximate surface area is 509 Å². The molecule has 6 N–H and O–H groups in total. The third-order valence-corrected chi connectivity index (χ3v) is 16.4. The van der Waals surface area contributed by atoms with E-state index in [0.29, 0.717) is 19.3 Å². The summed E-state index contributed by atoms with van der Waals surface area (Å²) in [6.45, 7) is 5.78. The molecule has 0 aromatic rings. The van der Waals surface area contributed by atoms with Gasteiger partial charge < -0.3 is 45.1 Å². The second-order valence-electron chi connectivity index (χ2n) is 24.3. The van der Waals surface area contributed by atoms with Gasteiger partial charge in [-0.3, -0.25) is 9.59 Å². The number of aliphatic hydroxyl groups excluding tert-OH is 5. The normalized spacial score (nSPS) is 18.9. The van der Waals surface area contributed by atoms with Crippen LogP contribution in [0.15, 0.2) is 60.8 Å². The second-order valence-corrected chi connectivity index (χ2v) is 24.3. The molecule has 1 aliphatic rings. The summed E-state index contributed by atoms with van der Waals surface area (Å²) in [5.41, 5.74) is 0. The molecule has 11 heteroatoms. The molecule has 1 saturated heterocycles. The molecular weight excluding hydrogens is 1040 g/mol. The molecule has 83 heavy (non-hydrogen) atoms. The van der Waals surface area contributed by atoms with E-state index in [1.807, 2.05) is 6.08 Å². The molecule has 0 aliphatic carbocycles. The molecule has 1 heterocycles. The van der Waals surface area contributed by atoms with Gasteiger partial charge in [0, 0.05) is 6.42 Å². The van der Waals surface area contributed by atoms with Crippen LogP contribution in [0.2, 0.25) is 0 Å². The summed E-state index contributed by atoms with van der Waals surface area (Å²) >= 11 is 0. The molecule has 484 valence electrons. The first-order chi connectivity index (χ1) is 40.7. The van der Waals surface area contributed by atoms with Crippen molar-refractivity contribution in [1.29, 1.82) is 0 Å². The van der Waals surface area contributed by atoms with E-state index < -0.39 is 67.4 Å². The first-order valence-electron chi connectivity index (χ1n) is 35.1. The largest absolute Gasteiger partial charge is 0.454 e. The standard InChI is InChI=1S/C72H131NO10/c1-4-7-10-13-16-19-22-24-26-28-30-32-33-34-36-38-40-42-45-48-51-54-57-60-67(77)83-70-69(79)68(78)66(61-74)82-72(70)81-62-63(64(75)58-55-52-49-46-43-21-18-15-12-9-6-3)73-71(80)65(76)59-56-53-50-47-44-41-39-37-35-31-29-27-25-23-20-17-14-11-8-5-2/h16,19,24-27,30,32,55,58,63-66,68-70,72,74-76,78-79H,4-15,17-18,20-23,28-29,31,33-54,56-57,59-62H2,1-3H3,(H,73,80)/b19-16-,26-24-,27-25+,32-30-,58-55+. The smallest absolute Gasteiger partial charge is 0.306 e. The predicted molar refractivity (Wildman–Crippen MR) is 347 cm³/mol. The molecule has 0 bridgehead atoms. The molecule has 8 atom stereocenters. The average Bonchev–Trinajstić information content (AvgIpc) is 3.68. The lowest BCUT2D eigenvalue weighted by atomic mass is 9.99. The molecule has 1 aliphatic heterocycles. The minimum atomic E-state index is -1.62. The number of hydrogen-bond acceptors (Lipinski definition) is 10. The second kappa shape index (κ2) is 59.7. The van der Waals surface area contributed by atoms with Crippen LogP contribution in [0.5, 0.6) is 0 Å². The number of unbranched alkanes of at least 4 members (excludes halogenated alkanes) is 38. The maximum absolute atomic E-state index is 13.5. The van der Waals surface area contributed by atoms with E-state index in [2.05, 4.69) is 74.7 Å². The Bertz CT molecular complexity index is 1580. The fraction of sp³-hybridized carbons (Fsp3) is 0.833. The van der Waals surface area contributed by atoms with E-state index in [9.17, 15) is 35.1 Å². The van der Waals surface area contributed by atoms with Gasteiger partial charge in [-0.25, -0.2) is 0 Å². The molecule has 11 nitrogen and oxygen atoms in total. The van der Waals surface area contributed by atoms with Crippen LogP contribution < -0.4 is 5.32 Å². The quantitative estimate of drug-likeness (QED) is 0.0195. The van der Waals surface area contributed by atoms with Gasteiger partial charge in [-0.1, -0.05) is 287 Å². The van der Waals surface area contributed by atoms with E-state index >= 15 is 0 Å². The zero-order valence-corrected chi connectivity index (χ0v) is 53.8. The molecule has 1 amide bonds. The minimum absolute atomic E-state index is 0.119. The predicted octanol–water partition coefficient (Wildman–Crippen LogP) is 17.7. The molecule has 0 spiro atoms. The Morgan fingerprint density at radius 1 is 0.470 bits per heavy atom. The molecule has 0 saturated carbocycles. The molecule has 0 radical (unpaired) electrons. The van der Waals surface area contributed by atoms with Crippen molar-refractivity contribution in [3.63, 3.8) is 0 Å². The van der Waals surface area contributed by atoms with Gasteiger partial charge >= 0.3 is 5.97 Å². The van der Waals surface area contributed by atoms with Gasteiger partial charge in [0.05, 0.1) is 25.4 Å². The van der Waals surface area contributed by atoms with Gasteiger partial charge in [0.25, 0.3) is 0 Å². The van der Waals surface area contributed by atoms with Crippen LogP contribution in [0.4, 0.5) is 0 Å². The summed E-state index contributed by atoms with van der Waals surface area (Å²) < 4.78 is 17.7.